The Hall–Kier alpha value is -2.91. The minimum atomic E-state index is -4.69. The second kappa shape index (κ2) is 5.23. The predicted octanol–water partition coefficient (Wildman–Crippen LogP) is 2.78. The van der Waals surface area contributed by atoms with Crippen LogP contribution in [0.4, 0.5) is 24.7 Å². The lowest BCUT2D eigenvalue weighted by molar-refractivity contribution is -0.385. The van der Waals surface area contributed by atoms with Gasteiger partial charge in [0, 0.05) is 6.07 Å². The molecule has 0 unspecified atom stereocenters. The van der Waals surface area contributed by atoms with Crippen molar-refractivity contribution >= 4 is 11.5 Å². The van der Waals surface area contributed by atoms with Gasteiger partial charge in [-0.25, -0.2) is 0 Å². The number of benzene rings is 1. The number of nitro benzene ring substituents is 1. The molecule has 0 bridgehead atoms. The van der Waals surface area contributed by atoms with Crippen molar-refractivity contribution in [1.29, 1.82) is 0 Å². The van der Waals surface area contributed by atoms with Crippen molar-refractivity contribution in [3.63, 3.8) is 0 Å². The monoisotopic (exact) mass is 300 g/mol. The molecule has 0 atom stereocenters. The fraction of sp³-hybridized carbons (Fsp3) is 0.0909. The summed E-state index contributed by atoms with van der Waals surface area (Å²) >= 11 is 0. The maximum absolute atomic E-state index is 12.5. The van der Waals surface area contributed by atoms with E-state index in [1.54, 1.807) is 0 Å². The number of nitrogens with zero attached hydrogens (tertiary/aromatic N) is 3. The van der Waals surface area contributed by atoms with Gasteiger partial charge in [0.05, 0.1) is 22.9 Å². The van der Waals surface area contributed by atoms with E-state index >= 15 is 0 Å². The minimum absolute atomic E-state index is 0.00191. The van der Waals surface area contributed by atoms with Gasteiger partial charge in [-0.3, -0.25) is 15.1 Å². The molecule has 0 amide bonds. The third-order valence-corrected chi connectivity index (χ3v) is 2.33. The Kier molecular flexibility index (Phi) is 3.61. The SMILES string of the molecule is Nc1cncc(Oc2ccc(C(F)(F)F)cc2[N+](=O)[O-])n1. The number of nitro groups is 1. The van der Waals surface area contributed by atoms with Crippen LogP contribution in [0.15, 0.2) is 30.6 Å². The Balaban J connectivity index is 2.42. The molecule has 0 radical (unpaired) electrons. The van der Waals surface area contributed by atoms with E-state index < -0.39 is 28.1 Å². The number of halogens is 3. The zero-order valence-corrected chi connectivity index (χ0v) is 10.2. The van der Waals surface area contributed by atoms with Crippen molar-refractivity contribution in [2.24, 2.45) is 0 Å². The highest BCUT2D eigenvalue weighted by molar-refractivity contribution is 5.50. The minimum Gasteiger partial charge on any atom is -0.430 e. The van der Waals surface area contributed by atoms with E-state index in [9.17, 15) is 23.3 Å². The summed E-state index contributed by atoms with van der Waals surface area (Å²) in [6, 6.07) is 1.89. The van der Waals surface area contributed by atoms with E-state index in [1.807, 2.05) is 0 Å². The summed E-state index contributed by atoms with van der Waals surface area (Å²) in [6.45, 7) is 0. The lowest BCUT2D eigenvalue weighted by atomic mass is 10.2. The first kappa shape index (κ1) is 14.5. The largest absolute Gasteiger partial charge is 0.430 e. The second-order valence-corrected chi connectivity index (χ2v) is 3.82. The summed E-state index contributed by atoms with van der Waals surface area (Å²) in [6.07, 6.45) is -2.36. The average molecular weight is 300 g/mol. The van der Waals surface area contributed by atoms with Gasteiger partial charge in [-0.05, 0) is 12.1 Å². The predicted molar refractivity (Wildman–Crippen MR) is 64.6 cm³/mol. The molecule has 1 heterocycles. The first-order valence-electron chi connectivity index (χ1n) is 5.38. The summed E-state index contributed by atoms with van der Waals surface area (Å²) in [5.41, 5.74) is 3.36. The molecule has 2 rings (SSSR count). The van der Waals surface area contributed by atoms with Gasteiger partial charge < -0.3 is 10.5 Å². The molecule has 0 spiro atoms. The zero-order chi connectivity index (χ0) is 15.6. The van der Waals surface area contributed by atoms with Gasteiger partial charge in [-0.1, -0.05) is 0 Å². The molecule has 7 nitrogen and oxygen atoms in total. The van der Waals surface area contributed by atoms with Crippen LogP contribution < -0.4 is 10.5 Å². The van der Waals surface area contributed by atoms with Crippen molar-refractivity contribution in [3.05, 3.63) is 46.3 Å². The standard InChI is InChI=1S/C11H7F3N4O3/c12-11(13,14)6-1-2-8(7(3-6)18(19)20)21-10-5-16-4-9(15)17-10/h1-5H,(H2,15,17). The summed E-state index contributed by atoms with van der Waals surface area (Å²) in [4.78, 5) is 17.2. The molecule has 10 heteroatoms. The highest BCUT2D eigenvalue weighted by Crippen LogP contribution is 2.37. The van der Waals surface area contributed by atoms with Crippen LogP contribution >= 0.6 is 0 Å². The van der Waals surface area contributed by atoms with Crippen LogP contribution in [0.3, 0.4) is 0 Å². The van der Waals surface area contributed by atoms with Crippen molar-refractivity contribution in [2.75, 3.05) is 5.73 Å². The summed E-state index contributed by atoms with van der Waals surface area (Å²) in [5, 5.41) is 10.9. The highest BCUT2D eigenvalue weighted by Gasteiger charge is 2.33. The van der Waals surface area contributed by atoms with Crippen LogP contribution in [-0.4, -0.2) is 14.9 Å². The number of anilines is 1. The summed E-state index contributed by atoms with van der Waals surface area (Å²) in [5.74, 6) is -0.562. The molecular formula is C11H7F3N4O3. The molecule has 0 fully saturated rings. The lowest BCUT2D eigenvalue weighted by Crippen LogP contribution is -2.06. The van der Waals surface area contributed by atoms with Crippen LogP contribution in [0.25, 0.3) is 0 Å². The number of hydrogen-bond acceptors (Lipinski definition) is 6. The van der Waals surface area contributed by atoms with E-state index in [-0.39, 0.29) is 11.7 Å². The van der Waals surface area contributed by atoms with Gasteiger partial charge >= 0.3 is 11.9 Å². The second-order valence-electron chi connectivity index (χ2n) is 3.82. The van der Waals surface area contributed by atoms with Gasteiger partial charge in [0.2, 0.25) is 11.6 Å². The van der Waals surface area contributed by atoms with Gasteiger partial charge in [0.15, 0.2) is 0 Å². The zero-order valence-electron chi connectivity index (χ0n) is 10.2. The van der Waals surface area contributed by atoms with E-state index in [2.05, 4.69) is 9.97 Å². The number of nitrogen functional groups attached to an aromatic ring is 1. The van der Waals surface area contributed by atoms with Crippen LogP contribution in [0.2, 0.25) is 0 Å². The fourth-order valence-corrected chi connectivity index (χ4v) is 1.45. The summed E-state index contributed by atoms with van der Waals surface area (Å²) < 4.78 is 42.7. The molecule has 2 N–H and O–H groups in total. The maximum atomic E-state index is 12.5. The van der Waals surface area contributed by atoms with E-state index in [4.69, 9.17) is 10.5 Å². The molecule has 0 aliphatic heterocycles. The van der Waals surface area contributed by atoms with Crippen LogP contribution in [0.5, 0.6) is 11.6 Å². The van der Waals surface area contributed by atoms with Crippen molar-refractivity contribution in [1.82, 2.24) is 9.97 Å². The number of rotatable bonds is 3. The fourth-order valence-electron chi connectivity index (χ4n) is 1.45. The Labute approximate surface area is 115 Å². The third kappa shape index (κ3) is 3.35. The number of ether oxygens (including phenoxy) is 1. The van der Waals surface area contributed by atoms with Gasteiger partial charge in [-0.2, -0.15) is 18.2 Å². The quantitative estimate of drug-likeness (QED) is 0.690. The Morgan fingerprint density at radius 3 is 2.57 bits per heavy atom. The molecule has 1 aromatic carbocycles. The van der Waals surface area contributed by atoms with Crippen LogP contribution in [-0.2, 0) is 6.18 Å². The molecule has 0 saturated carbocycles. The molecule has 21 heavy (non-hydrogen) atoms. The number of alkyl halides is 3. The maximum Gasteiger partial charge on any atom is 0.416 e. The molecule has 0 aliphatic carbocycles. The van der Waals surface area contributed by atoms with E-state index in [1.165, 1.54) is 6.20 Å². The molecule has 1 aromatic heterocycles. The third-order valence-electron chi connectivity index (χ3n) is 2.33. The van der Waals surface area contributed by atoms with Crippen molar-refractivity contribution in [2.45, 2.75) is 6.18 Å². The topological polar surface area (TPSA) is 104 Å². The van der Waals surface area contributed by atoms with Crippen molar-refractivity contribution < 1.29 is 22.8 Å². The molecule has 0 aliphatic rings. The average Bonchev–Trinajstić information content (AvgIpc) is 2.37. The van der Waals surface area contributed by atoms with Gasteiger partial charge in [0.1, 0.15) is 5.82 Å². The number of hydrogen-bond donors (Lipinski definition) is 1. The van der Waals surface area contributed by atoms with Gasteiger partial charge in [0.25, 0.3) is 0 Å². The highest BCUT2D eigenvalue weighted by atomic mass is 19.4. The van der Waals surface area contributed by atoms with Crippen LogP contribution in [0, 0.1) is 10.1 Å². The van der Waals surface area contributed by atoms with Crippen LogP contribution in [0.1, 0.15) is 5.56 Å². The first-order valence-corrected chi connectivity index (χ1v) is 5.38. The van der Waals surface area contributed by atoms with E-state index in [0.29, 0.717) is 12.1 Å². The number of nitrogens with two attached hydrogens (primary N) is 1. The Morgan fingerprint density at radius 2 is 2.00 bits per heavy atom. The Bertz CT molecular complexity index is 691. The molecule has 2 aromatic rings. The molecule has 0 saturated heterocycles. The first-order chi connectivity index (χ1) is 9.77. The number of aromatic nitrogens is 2. The summed E-state index contributed by atoms with van der Waals surface area (Å²) in [7, 11) is 0. The van der Waals surface area contributed by atoms with Gasteiger partial charge in [-0.15, -0.1) is 0 Å². The van der Waals surface area contributed by atoms with E-state index in [0.717, 1.165) is 12.3 Å². The molecule has 110 valence electrons. The Morgan fingerprint density at radius 1 is 1.29 bits per heavy atom. The molecular weight excluding hydrogens is 293 g/mol. The normalized spacial score (nSPS) is 11.2. The lowest BCUT2D eigenvalue weighted by Gasteiger charge is -2.09. The van der Waals surface area contributed by atoms with Crippen molar-refractivity contribution in [3.8, 4) is 11.6 Å². The smallest absolute Gasteiger partial charge is 0.416 e.